The van der Waals surface area contributed by atoms with Gasteiger partial charge in [0.2, 0.25) is 0 Å². The van der Waals surface area contributed by atoms with E-state index in [1.807, 2.05) is 6.92 Å². The van der Waals surface area contributed by atoms with Crippen LogP contribution < -0.4 is 10.1 Å². The van der Waals surface area contributed by atoms with E-state index in [2.05, 4.69) is 15.1 Å². The molecule has 0 atom stereocenters. The number of morpholine rings is 1. The van der Waals surface area contributed by atoms with Crippen LogP contribution in [0.1, 0.15) is 6.92 Å². The van der Waals surface area contributed by atoms with Gasteiger partial charge in [0, 0.05) is 25.8 Å². The Morgan fingerprint density at radius 2 is 2.15 bits per heavy atom. The number of sulfonamides is 1. The number of hydrogen-bond donors (Lipinski definition) is 2. The average Bonchev–Trinajstić information content (AvgIpc) is 2.42. The van der Waals surface area contributed by atoms with Crippen LogP contribution in [-0.4, -0.2) is 51.3 Å². The quantitative estimate of drug-likeness (QED) is 0.830. The van der Waals surface area contributed by atoms with Crippen LogP contribution in [0.4, 0.5) is 5.82 Å². The van der Waals surface area contributed by atoms with E-state index in [-0.39, 0.29) is 9.92 Å². The molecule has 0 unspecified atom stereocenters. The van der Waals surface area contributed by atoms with E-state index in [0.717, 1.165) is 0 Å². The Balaban J connectivity index is 2.14. The smallest absolute Gasteiger partial charge is 0.255 e. The Labute approximate surface area is 123 Å². The second kappa shape index (κ2) is 6.68. The summed E-state index contributed by atoms with van der Waals surface area (Å²) in [6, 6.07) is 1.38. The first-order valence-corrected chi connectivity index (χ1v) is 8.13. The molecule has 2 heterocycles. The van der Waals surface area contributed by atoms with Crippen molar-refractivity contribution in [1.82, 2.24) is 14.8 Å². The molecular formula is C11H17ClN4O3S. The number of hydrogen-bond acceptors (Lipinski definition) is 6. The van der Waals surface area contributed by atoms with Crippen molar-refractivity contribution in [2.45, 2.75) is 11.8 Å². The molecule has 0 spiro atoms. The summed E-state index contributed by atoms with van der Waals surface area (Å²) in [5.41, 5.74) is 0. The summed E-state index contributed by atoms with van der Waals surface area (Å²) in [5.74, 6) is 0.472. The minimum Gasteiger partial charge on any atom is -0.379 e. The molecule has 20 heavy (non-hydrogen) atoms. The molecule has 2 N–H and O–H groups in total. The molecule has 7 nitrogen and oxygen atoms in total. The summed E-state index contributed by atoms with van der Waals surface area (Å²) in [7, 11) is -3.67. The molecule has 1 saturated heterocycles. The second-order valence-electron chi connectivity index (χ2n) is 4.23. The van der Waals surface area contributed by atoms with Crippen LogP contribution in [0.2, 0.25) is 5.02 Å². The van der Waals surface area contributed by atoms with Crippen molar-refractivity contribution in [3.63, 3.8) is 0 Å². The highest BCUT2D eigenvalue weighted by atomic mass is 35.5. The first-order valence-electron chi connectivity index (χ1n) is 6.27. The predicted octanol–water partition coefficient (Wildman–Crippen LogP) is 0.692. The first kappa shape index (κ1) is 15.5. The molecule has 1 aliphatic heterocycles. The minimum atomic E-state index is -3.67. The van der Waals surface area contributed by atoms with Crippen molar-refractivity contribution in [2.24, 2.45) is 0 Å². The third kappa shape index (κ3) is 3.80. The molecule has 0 radical (unpaired) electrons. The van der Waals surface area contributed by atoms with Crippen molar-refractivity contribution in [3.8, 4) is 0 Å². The fourth-order valence-electron chi connectivity index (χ4n) is 1.74. The summed E-state index contributed by atoms with van der Waals surface area (Å²) in [6.45, 7) is 4.58. The highest BCUT2D eigenvalue weighted by Gasteiger charge is 2.21. The number of hydrazine groups is 1. The maximum Gasteiger partial charge on any atom is 0.255 e. The van der Waals surface area contributed by atoms with Gasteiger partial charge in [0.1, 0.15) is 10.7 Å². The molecule has 1 aliphatic rings. The predicted molar refractivity (Wildman–Crippen MR) is 76.1 cm³/mol. The minimum absolute atomic E-state index is 0.0376. The third-order valence-corrected chi connectivity index (χ3v) is 4.36. The Kier molecular flexibility index (Phi) is 5.17. The summed E-state index contributed by atoms with van der Waals surface area (Å²) in [5, 5.41) is 4.83. The Bertz CT molecular complexity index is 561. The molecule has 2 rings (SSSR count). The van der Waals surface area contributed by atoms with Gasteiger partial charge in [-0.25, -0.2) is 18.4 Å². The molecule has 112 valence electrons. The Morgan fingerprint density at radius 3 is 2.75 bits per heavy atom. The summed E-state index contributed by atoms with van der Waals surface area (Å²) in [4.78, 5) is 6.56. The number of ether oxygens (including phenoxy) is 1. The van der Waals surface area contributed by atoms with Crippen LogP contribution in [0, 0.1) is 0 Å². The lowest BCUT2D eigenvalue weighted by molar-refractivity contribution is 0.0272. The molecule has 1 aromatic rings. The summed E-state index contributed by atoms with van der Waals surface area (Å²) >= 11 is 6.01. The van der Waals surface area contributed by atoms with Gasteiger partial charge in [0.15, 0.2) is 0 Å². The van der Waals surface area contributed by atoms with Crippen molar-refractivity contribution < 1.29 is 13.2 Å². The van der Waals surface area contributed by atoms with Gasteiger partial charge < -0.3 is 10.1 Å². The maximum atomic E-state index is 12.2. The van der Waals surface area contributed by atoms with Gasteiger partial charge >= 0.3 is 0 Å². The van der Waals surface area contributed by atoms with E-state index in [4.69, 9.17) is 16.3 Å². The fraction of sp³-hybridized carbons (Fsp3) is 0.545. The first-order chi connectivity index (χ1) is 9.53. The van der Waals surface area contributed by atoms with E-state index in [1.54, 1.807) is 5.01 Å². The maximum absolute atomic E-state index is 12.2. The molecule has 0 aliphatic carbocycles. The van der Waals surface area contributed by atoms with E-state index in [0.29, 0.717) is 38.7 Å². The van der Waals surface area contributed by atoms with Gasteiger partial charge in [-0.3, -0.25) is 0 Å². The lowest BCUT2D eigenvalue weighted by Gasteiger charge is -2.26. The summed E-state index contributed by atoms with van der Waals surface area (Å²) in [6.07, 6.45) is 1.28. The molecule has 9 heteroatoms. The third-order valence-electron chi connectivity index (χ3n) is 2.73. The van der Waals surface area contributed by atoms with Gasteiger partial charge in [-0.05, 0) is 13.0 Å². The van der Waals surface area contributed by atoms with Crippen LogP contribution in [-0.2, 0) is 14.8 Å². The van der Waals surface area contributed by atoms with Crippen molar-refractivity contribution >= 4 is 27.4 Å². The molecule has 1 aromatic heterocycles. The number of anilines is 1. The highest BCUT2D eigenvalue weighted by Crippen LogP contribution is 2.22. The Hall–Kier alpha value is -0.930. The van der Waals surface area contributed by atoms with Gasteiger partial charge in [-0.15, -0.1) is 4.83 Å². The van der Waals surface area contributed by atoms with Crippen LogP contribution in [0.15, 0.2) is 17.2 Å². The zero-order valence-corrected chi connectivity index (χ0v) is 12.7. The normalized spacial score (nSPS) is 17.1. The number of pyridine rings is 1. The molecular weight excluding hydrogens is 304 g/mol. The molecule has 1 fully saturated rings. The second-order valence-corrected chi connectivity index (χ2v) is 6.29. The monoisotopic (exact) mass is 320 g/mol. The zero-order chi connectivity index (χ0) is 14.6. The fourth-order valence-corrected chi connectivity index (χ4v) is 3.13. The average molecular weight is 321 g/mol. The number of nitrogens with zero attached hydrogens (tertiary/aromatic N) is 2. The lowest BCUT2D eigenvalue weighted by atomic mass is 10.4. The van der Waals surface area contributed by atoms with Gasteiger partial charge in [0.05, 0.1) is 18.2 Å². The van der Waals surface area contributed by atoms with Crippen molar-refractivity contribution in [2.75, 3.05) is 38.2 Å². The van der Waals surface area contributed by atoms with Crippen molar-refractivity contribution in [1.29, 1.82) is 0 Å². The number of halogens is 1. The zero-order valence-electron chi connectivity index (χ0n) is 11.1. The van der Waals surface area contributed by atoms with Gasteiger partial charge in [-0.2, -0.15) is 0 Å². The highest BCUT2D eigenvalue weighted by molar-refractivity contribution is 7.89. The van der Waals surface area contributed by atoms with Crippen LogP contribution in [0.5, 0.6) is 0 Å². The lowest BCUT2D eigenvalue weighted by Crippen LogP contribution is -2.48. The summed E-state index contributed by atoms with van der Waals surface area (Å²) < 4.78 is 29.6. The van der Waals surface area contributed by atoms with Gasteiger partial charge in [-0.1, -0.05) is 11.6 Å². The van der Waals surface area contributed by atoms with E-state index >= 15 is 0 Å². The molecule has 0 amide bonds. The standard InChI is InChI=1S/C11H17ClN4O3S/c1-2-13-11-10(12)7-9(8-14-11)20(17,18)15-16-3-5-19-6-4-16/h7-8,15H,2-6H2,1H3,(H,13,14). The van der Waals surface area contributed by atoms with E-state index in [1.165, 1.54) is 12.3 Å². The van der Waals surface area contributed by atoms with Crippen LogP contribution >= 0.6 is 11.6 Å². The Morgan fingerprint density at radius 1 is 1.45 bits per heavy atom. The van der Waals surface area contributed by atoms with Crippen LogP contribution in [0.25, 0.3) is 0 Å². The number of aromatic nitrogens is 1. The SMILES string of the molecule is CCNc1ncc(S(=O)(=O)NN2CCOCC2)cc1Cl. The topological polar surface area (TPSA) is 83.6 Å². The van der Waals surface area contributed by atoms with Gasteiger partial charge in [0.25, 0.3) is 10.0 Å². The molecule has 0 aromatic carbocycles. The molecule has 0 bridgehead atoms. The van der Waals surface area contributed by atoms with E-state index in [9.17, 15) is 8.42 Å². The largest absolute Gasteiger partial charge is 0.379 e. The number of nitrogens with one attached hydrogen (secondary N) is 2. The number of rotatable bonds is 5. The van der Waals surface area contributed by atoms with E-state index < -0.39 is 10.0 Å². The van der Waals surface area contributed by atoms with Crippen LogP contribution in [0.3, 0.4) is 0 Å². The molecule has 0 saturated carbocycles. The van der Waals surface area contributed by atoms with Crippen molar-refractivity contribution in [3.05, 3.63) is 17.3 Å².